The molecule has 0 atom stereocenters. The first-order valence-corrected chi connectivity index (χ1v) is 6.89. The molecule has 2 aliphatic rings. The first-order chi connectivity index (χ1) is 9.40. The van der Waals surface area contributed by atoms with E-state index >= 15 is 0 Å². The SMILES string of the molecule is CC(C)C1(O)CN(C(=O)c2cc(Cl)c3c(c2)OCO3)C1. The van der Waals surface area contributed by atoms with Crippen molar-refractivity contribution in [3.63, 3.8) is 0 Å². The zero-order valence-electron chi connectivity index (χ0n) is 11.4. The Morgan fingerprint density at radius 3 is 2.75 bits per heavy atom. The van der Waals surface area contributed by atoms with Crippen LogP contribution in [0.25, 0.3) is 0 Å². The molecule has 0 bridgehead atoms. The Hall–Kier alpha value is -1.46. The van der Waals surface area contributed by atoms with Gasteiger partial charge in [0.1, 0.15) is 5.60 Å². The van der Waals surface area contributed by atoms with E-state index in [-0.39, 0.29) is 18.6 Å². The summed E-state index contributed by atoms with van der Waals surface area (Å²) in [6.45, 7) is 4.69. The summed E-state index contributed by atoms with van der Waals surface area (Å²) in [4.78, 5) is 14.0. The van der Waals surface area contributed by atoms with Crippen LogP contribution >= 0.6 is 11.6 Å². The molecule has 1 aromatic carbocycles. The zero-order valence-corrected chi connectivity index (χ0v) is 12.1. The van der Waals surface area contributed by atoms with E-state index in [9.17, 15) is 9.90 Å². The molecule has 1 fully saturated rings. The molecule has 0 saturated carbocycles. The maximum absolute atomic E-state index is 12.3. The molecule has 108 valence electrons. The summed E-state index contributed by atoms with van der Waals surface area (Å²) in [6, 6.07) is 3.20. The van der Waals surface area contributed by atoms with E-state index < -0.39 is 5.60 Å². The Kier molecular flexibility index (Phi) is 3.06. The monoisotopic (exact) mass is 297 g/mol. The van der Waals surface area contributed by atoms with Gasteiger partial charge in [0, 0.05) is 5.56 Å². The normalized spacial score (nSPS) is 19.1. The third-order valence-corrected chi connectivity index (χ3v) is 4.25. The van der Waals surface area contributed by atoms with Crippen molar-refractivity contribution in [2.75, 3.05) is 19.9 Å². The Balaban J connectivity index is 1.78. The second kappa shape index (κ2) is 4.53. The lowest BCUT2D eigenvalue weighted by Crippen LogP contribution is -2.65. The van der Waals surface area contributed by atoms with Crippen LogP contribution in [-0.2, 0) is 0 Å². The van der Waals surface area contributed by atoms with Crippen LogP contribution in [0, 0.1) is 5.92 Å². The highest BCUT2D eigenvalue weighted by molar-refractivity contribution is 6.32. The molecule has 1 aromatic rings. The van der Waals surface area contributed by atoms with E-state index in [0.717, 1.165) is 0 Å². The van der Waals surface area contributed by atoms with Crippen molar-refractivity contribution in [3.05, 3.63) is 22.7 Å². The number of ether oxygens (including phenoxy) is 2. The molecule has 3 rings (SSSR count). The fraction of sp³-hybridized carbons (Fsp3) is 0.500. The van der Waals surface area contributed by atoms with Crippen molar-refractivity contribution in [1.82, 2.24) is 4.90 Å². The van der Waals surface area contributed by atoms with Crippen LogP contribution in [0.4, 0.5) is 0 Å². The minimum atomic E-state index is -0.782. The first-order valence-electron chi connectivity index (χ1n) is 6.51. The Labute approximate surface area is 122 Å². The molecule has 0 spiro atoms. The van der Waals surface area contributed by atoms with Crippen molar-refractivity contribution >= 4 is 17.5 Å². The zero-order chi connectivity index (χ0) is 14.5. The molecule has 0 aromatic heterocycles. The van der Waals surface area contributed by atoms with Crippen molar-refractivity contribution in [1.29, 1.82) is 0 Å². The highest BCUT2D eigenvalue weighted by Crippen LogP contribution is 2.40. The van der Waals surface area contributed by atoms with E-state index in [0.29, 0.717) is 35.2 Å². The topological polar surface area (TPSA) is 59.0 Å². The summed E-state index contributed by atoms with van der Waals surface area (Å²) in [7, 11) is 0. The summed E-state index contributed by atoms with van der Waals surface area (Å²) >= 11 is 6.07. The molecule has 1 saturated heterocycles. The van der Waals surface area contributed by atoms with E-state index in [1.165, 1.54) is 0 Å². The van der Waals surface area contributed by atoms with Crippen LogP contribution in [-0.4, -0.2) is 41.4 Å². The van der Waals surface area contributed by atoms with Gasteiger partial charge < -0.3 is 19.5 Å². The van der Waals surface area contributed by atoms with E-state index in [1.807, 2.05) is 13.8 Å². The highest BCUT2D eigenvalue weighted by Gasteiger charge is 2.46. The van der Waals surface area contributed by atoms with Crippen molar-refractivity contribution in [2.24, 2.45) is 5.92 Å². The number of hydrogen-bond acceptors (Lipinski definition) is 4. The molecule has 1 amide bonds. The Bertz CT molecular complexity index is 567. The maximum atomic E-state index is 12.3. The number of fused-ring (bicyclic) bond motifs is 1. The van der Waals surface area contributed by atoms with Gasteiger partial charge >= 0.3 is 0 Å². The average molecular weight is 298 g/mol. The van der Waals surface area contributed by atoms with Crippen molar-refractivity contribution in [3.8, 4) is 11.5 Å². The maximum Gasteiger partial charge on any atom is 0.254 e. The fourth-order valence-electron chi connectivity index (χ4n) is 2.40. The lowest BCUT2D eigenvalue weighted by molar-refractivity contribution is -0.110. The molecular formula is C14H16ClNO4. The van der Waals surface area contributed by atoms with Crippen LogP contribution in [0.1, 0.15) is 24.2 Å². The minimum Gasteiger partial charge on any atom is -0.454 e. The molecule has 6 heteroatoms. The van der Waals surface area contributed by atoms with Crippen LogP contribution < -0.4 is 9.47 Å². The lowest BCUT2D eigenvalue weighted by atomic mass is 9.82. The van der Waals surface area contributed by atoms with Gasteiger partial charge in [-0.15, -0.1) is 0 Å². The van der Waals surface area contributed by atoms with Gasteiger partial charge in [-0.2, -0.15) is 0 Å². The molecule has 0 aliphatic carbocycles. The first kappa shape index (κ1) is 13.5. The van der Waals surface area contributed by atoms with Gasteiger partial charge in [-0.3, -0.25) is 4.79 Å². The lowest BCUT2D eigenvalue weighted by Gasteiger charge is -2.49. The second-order valence-corrected chi connectivity index (χ2v) is 6.02. The number of hydrogen-bond donors (Lipinski definition) is 1. The molecule has 1 N–H and O–H groups in total. The van der Waals surface area contributed by atoms with Crippen LogP contribution in [0.3, 0.4) is 0 Å². The Morgan fingerprint density at radius 2 is 2.10 bits per heavy atom. The molecule has 20 heavy (non-hydrogen) atoms. The molecular weight excluding hydrogens is 282 g/mol. The predicted octanol–water partition coefficient (Wildman–Crippen LogP) is 1.91. The quantitative estimate of drug-likeness (QED) is 0.906. The summed E-state index contributed by atoms with van der Waals surface area (Å²) in [5, 5.41) is 10.6. The van der Waals surface area contributed by atoms with Gasteiger partial charge in [0.05, 0.1) is 18.1 Å². The number of carbonyl (C=O) groups is 1. The number of rotatable bonds is 2. The number of aliphatic hydroxyl groups is 1. The Morgan fingerprint density at radius 1 is 1.40 bits per heavy atom. The van der Waals surface area contributed by atoms with Gasteiger partial charge in [-0.25, -0.2) is 0 Å². The van der Waals surface area contributed by atoms with Gasteiger partial charge in [0.25, 0.3) is 5.91 Å². The third kappa shape index (κ3) is 2.01. The number of nitrogens with zero attached hydrogens (tertiary/aromatic N) is 1. The third-order valence-electron chi connectivity index (χ3n) is 3.97. The summed E-state index contributed by atoms with van der Waals surface area (Å²) in [6.07, 6.45) is 0. The molecule has 2 heterocycles. The number of likely N-dealkylation sites (tertiary alicyclic amines) is 1. The van der Waals surface area contributed by atoms with Crippen LogP contribution in [0.15, 0.2) is 12.1 Å². The molecule has 0 unspecified atom stereocenters. The average Bonchev–Trinajstić information content (AvgIpc) is 2.82. The number of halogens is 1. The summed E-state index contributed by atoms with van der Waals surface area (Å²) in [5.41, 5.74) is -0.333. The smallest absolute Gasteiger partial charge is 0.254 e. The number of β-amino-alcohol motifs (C(OH)–C–C–N with tert-alkyl or cyclic N) is 1. The number of carbonyl (C=O) groups excluding carboxylic acids is 1. The second-order valence-electron chi connectivity index (χ2n) is 5.61. The predicted molar refractivity (Wildman–Crippen MR) is 73.3 cm³/mol. The number of benzene rings is 1. The van der Waals surface area contributed by atoms with Crippen molar-refractivity contribution in [2.45, 2.75) is 19.4 Å². The van der Waals surface area contributed by atoms with Crippen molar-refractivity contribution < 1.29 is 19.4 Å². The largest absolute Gasteiger partial charge is 0.454 e. The number of amides is 1. The molecule has 0 radical (unpaired) electrons. The van der Waals surface area contributed by atoms with E-state index in [2.05, 4.69) is 0 Å². The fourth-order valence-corrected chi connectivity index (χ4v) is 2.66. The van der Waals surface area contributed by atoms with Gasteiger partial charge in [0.2, 0.25) is 6.79 Å². The molecule has 5 nitrogen and oxygen atoms in total. The van der Waals surface area contributed by atoms with E-state index in [4.69, 9.17) is 21.1 Å². The minimum absolute atomic E-state index is 0.115. The molecule has 2 aliphatic heterocycles. The van der Waals surface area contributed by atoms with Crippen LogP contribution in [0.2, 0.25) is 5.02 Å². The van der Waals surface area contributed by atoms with Gasteiger partial charge in [0.15, 0.2) is 11.5 Å². The van der Waals surface area contributed by atoms with Gasteiger partial charge in [-0.05, 0) is 18.1 Å². The van der Waals surface area contributed by atoms with E-state index in [1.54, 1.807) is 17.0 Å². The summed E-state index contributed by atoms with van der Waals surface area (Å²) in [5.74, 6) is 0.924. The standard InChI is InChI=1S/C14H16ClNO4/c1-8(2)14(18)5-16(6-14)13(17)9-3-10(15)12-11(4-9)19-7-20-12/h3-4,8,18H,5-7H2,1-2H3. The van der Waals surface area contributed by atoms with Gasteiger partial charge in [-0.1, -0.05) is 25.4 Å². The summed E-state index contributed by atoms with van der Waals surface area (Å²) < 4.78 is 10.5. The highest BCUT2D eigenvalue weighted by atomic mass is 35.5. The van der Waals surface area contributed by atoms with Crippen LogP contribution in [0.5, 0.6) is 11.5 Å².